The Hall–Kier alpha value is -4.08. The van der Waals surface area contributed by atoms with Crippen LogP contribution in [0.1, 0.15) is 11.4 Å². The zero-order valence-corrected chi connectivity index (χ0v) is 14.7. The average Bonchev–Trinajstić information content (AvgIpc) is 2.68. The standard InChI is InChI=1S/C18H15N5O5/c1-12-20-15-8-4-3-7-14(15)18(25)22(12)28-11-17(24)21-19-10-13-6-2-5-9-16(13)23(26)27/h2-10H,11H2,1H3,(H,21,24)/b19-10-. The Bertz CT molecular complexity index is 1140. The molecule has 0 fully saturated rings. The van der Waals surface area contributed by atoms with Gasteiger partial charge in [0, 0.05) is 6.07 Å². The summed E-state index contributed by atoms with van der Waals surface area (Å²) < 4.78 is 0.938. The number of nitro groups is 1. The van der Waals surface area contributed by atoms with E-state index in [0.717, 1.165) is 10.9 Å². The fraction of sp³-hybridized carbons (Fsp3) is 0.111. The summed E-state index contributed by atoms with van der Waals surface area (Å²) in [4.78, 5) is 44.2. The highest BCUT2D eigenvalue weighted by molar-refractivity contribution is 5.86. The minimum absolute atomic E-state index is 0.138. The van der Waals surface area contributed by atoms with E-state index in [-0.39, 0.29) is 11.3 Å². The predicted octanol–water partition coefficient (Wildman–Crippen LogP) is 1.19. The number of hydrazone groups is 1. The van der Waals surface area contributed by atoms with E-state index in [1.165, 1.54) is 18.2 Å². The van der Waals surface area contributed by atoms with E-state index in [1.807, 2.05) is 0 Å². The Labute approximate surface area is 158 Å². The van der Waals surface area contributed by atoms with Crippen LogP contribution in [-0.2, 0) is 4.79 Å². The number of amides is 1. The van der Waals surface area contributed by atoms with Crippen molar-refractivity contribution in [2.75, 3.05) is 6.61 Å². The van der Waals surface area contributed by atoms with Crippen molar-refractivity contribution in [2.45, 2.75) is 6.92 Å². The van der Waals surface area contributed by atoms with E-state index in [0.29, 0.717) is 16.7 Å². The summed E-state index contributed by atoms with van der Waals surface area (Å²) >= 11 is 0. The van der Waals surface area contributed by atoms with E-state index in [2.05, 4.69) is 15.5 Å². The number of aromatic nitrogens is 2. The minimum Gasteiger partial charge on any atom is -0.399 e. The lowest BCUT2D eigenvalue weighted by Crippen LogP contribution is -2.35. The molecule has 0 unspecified atom stereocenters. The number of benzene rings is 2. The van der Waals surface area contributed by atoms with Gasteiger partial charge in [0.1, 0.15) is 5.82 Å². The van der Waals surface area contributed by atoms with E-state index in [1.54, 1.807) is 37.3 Å². The van der Waals surface area contributed by atoms with Gasteiger partial charge in [-0.2, -0.15) is 5.10 Å². The molecular formula is C18H15N5O5. The smallest absolute Gasteiger partial charge is 0.294 e. The molecule has 0 saturated heterocycles. The normalized spacial score (nSPS) is 10.9. The lowest BCUT2D eigenvalue weighted by Gasteiger charge is -2.11. The zero-order valence-electron chi connectivity index (χ0n) is 14.7. The number of aryl methyl sites for hydroxylation is 1. The maximum Gasteiger partial charge on any atom is 0.294 e. The van der Waals surface area contributed by atoms with Crippen molar-refractivity contribution in [2.24, 2.45) is 5.10 Å². The van der Waals surface area contributed by atoms with Gasteiger partial charge in [-0.25, -0.2) is 10.4 Å². The van der Waals surface area contributed by atoms with E-state index >= 15 is 0 Å². The number of rotatable bonds is 6. The molecule has 2 aromatic carbocycles. The van der Waals surface area contributed by atoms with Crippen molar-refractivity contribution in [1.82, 2.24) is 15.1 Å². The molecule has 0 atom stereocenters. The molecule has 0 aliphatic carbocycles. The first kappa shape index (κ1) is 18.7. The van der Waals surface area contributed by atoms with Gasteiger partial charge < -0.3 is 4.84 Å². The van der Waals surface area contributed by atoms with E-state index < -0.39 is 23.0 Å². The molecule has 1 amide bonds. The Balaban J connectivity index is 1.66. The molecule has 142 valence electrons. The third kappa shape index (κ3) is 4.01. The monoisotopic (exact) mass is 381 g/mol. The van der Waals surface area contributed by atoms with Gasteiger partial charge in [0.25, 0.3) is 17.2 Å². The highest BCUT2D eigenvalue weighted by Crippen LogP contribution is 2.15. The van der Waals surface area contributed by atoms with Crippen molar-refractivity contribution in [1.29, 1.82) is 0 Å². The molecule has 10 heteroatoms. The summed E-state index contributed by atoms with van der Waals surface area (Å²) in [7, 11) is 0. The molecule has 3 aromatic rings. The third-order valence-electron chi connectivity index (χ3n) is 3.75. The number of nitrogens with zero attached hydrogens (tertiary/aromatic N) is 4. The van der Waals surface area contributed by atoms with Gasteiger partial charge in [-0.3, -0.25) is 19.7 Å². The number of nitrogens with one attached hydrogen (secondary N) is 1. The van der Waals surface area contributed by atoms with Crippen molar-refractivity contribution in [3.05, 3.63) is 80.4 Å². The Kier molecular flexibility index (Phi) is 5.40. The number of fused-ring (bicyclic) bond motifs is 1. The number of carbonyl (C=O) groups excluding carboxylic acids is 1. The SMILES string of the molecule is Cc1nc2ccccc2c(=O)n1OCC(=O)N/N=C\c1ccccc1[N+](=O)[O-]. The summed E-state index contributed by atoms with van der Waals surface area (Å²) in [6.45, 7) is 1.09. The van der Waals surface area contributed by atoms with Gasteiger partial charge in [0.05, 0.1) is 27.6 Å². The molecular weight excluding hydrogens is 366 g/mol. The largest absolute Gasteiger partial charge is 0.399 e. The molecule has 0 radical (unpaired) electrons. The molecule has 0 aliphatic rings. The van der Waals surface area contributed by atoms with Crippen LogP contribution in [0.25, 0.3) is 10.9 Å². The maximum atomic E-state index is 12.4. The first-order chi connectivity index (χ1) is 13.5. The molecule has 0 bridgehead atoms. The van der Waals surface area contributed by atoms with Crippen LogP contribution >= 0.6 is 0 Å². The number of para-hydroxylation sites is 2. The quantitative estimate of drug-likeness (QED) is 0.388. The highest BCUT2D eigenvalue weighted by atomic mass is 16.7. The number of carbonyl (C=O) groups is 1. The first-order valence-electron chi connectivity index (χ1n) is 8.14. The van der Waals surface area contributed by atoms with Gasteiger partial charge in [-0.15, -0.1) is 4.73 Å². The van der Waals surface area contributed by atoms with Crippen LogP contribution < -0.4 is 15.8 Å². The topological polar surface area (TPSA) is 129 Å². The second kappa shape index (κ2) is 8.08. The van der Waals surface area contributed by atoms with Gasteiger partial charge in [0.2, 0.25) is 0 Å². The van der Waals surface area contributed by atoms with E-state index in [4.69, 9.17) is 4.84 Å². The molecule has 1 aromatic heterocycles. The summed E-state index contributed by atoms with van der Waals surface area (Å²) in [5.74, 6) is -0.353. The van der Waals surface area contributed by atoms with Gasteiger partial charge in [-0.1, -0.05) is 24.3 Å². The van der Waals surface area contributed by atoms with E-state index in [9.17, 15) is 19.7 Å². The number of hydrogen-bond donors (Lipinski definition) is 1. The second-order valence-corrected chi connectivity index (χ2v) is 5.66. The number of hydrogen-bond acceptors (Lipinski definition) is 7. The molecule has 1 heterocycles. The minimum atomic E-state index is -0.644. The molecule has 3 rings (SSSR count). The predicted molar refractivity (Wildman–Crippen MR) is 101 cm³/mol. The van der Waals surface area contributed by atoms with Crippen LogP contribution in [0.4, 0.5) is 5.69 Å². The highest BCUT2D eigenvalue weighted by Gasteiger charge is 2.12. The second-order valence-electron chi connectivity index (χ2n) is 5.66. The Morgan fingerprint density at radius 3 is 2.79 bits per heavy atom. The summed E-state index contributed by atoms with van der Waals surface area (Å²) in [5, 5.41) is 15.0. The molecule has 1 N–H and O–H groups in total. The maximum absolute atomic E-state index is 12.4. The lowest BCUT2D eigenvalue weighted by atomic mass is 10.2. The Morgan fingerprint density at radius 2 is 2.00 bits per heavy atom. The molecule has 28 heavy (non-hydrogen) atoms. The van der Waals surface area contributed by atoms with Gasteiger partial charge in [-0.05, 0) is 25.1 Å². The molecule has 0 saturated carbocycles. The summed E-state index contributed by atoms with van der Waals surface area (Å²) in [6.07, 6.45) is 1.16. The van der Waals surface area contributed by atoms with Gasteiger partial charge in [0.15, 0.2) is 6.61 Å². The van der Waals surface area contributed by atoms with Crippen molar-refractivity contribution >= 4 is 28.7 Å². The zero-order chi connectivity index (χ0) is 20.1. The van der Waals surface area contributed by atoms with Crippen LogP contribution in [0.3, 0.4) is 0 Å². The number of nitro benzene ring substituents is 1. The fourth-order valence-corrected chi connectivity index (χ4v) is 2.47. The van der Waals surface area contributed by atoms with Crippen LogP contribution in [0.5, 0.6) is 0 Å². The van der Waals surface area contributed by atoms with Crippen LogP contribution in [-0.4, -0.2) is 33.4 Å². The van der Waals surface area contributed by atoms with Crippen molar-refractivity contribution < 1.29 is 14.6 Å². The van der Waals surface area contributed by atoms with Crippen LogP contribution in [0.2, 0.25) is 0 Å². The molecule has 0 aliphatic heterocycles. The lowest BCUT2D eigenvalue weighted by molar-refractivity contribution is -0.385. The summed E-state index contributed by atoms with van der Waals surface area (Å²) in [6, 6.07) is 12.7. The van der Waals surface area contributed by atoms with Crippen LogP contribution in [0, 0.1) is 17.0 Å². The molecule has 10 nitrogen and oxygen atoms in total. The molecule has 0 spiro atoms. The van der Waals surface area contributed by atoms with Crippen molar-refractivity contribution in [3.63, 3.8) is 0 Å². The van der Waals surface area contributed by atoms with Gasteiger partial charge >= 0.3 is 0 Å². The third-order valence-corrected chi connectivity index (χ3v) is 3.75. The average molecular weight is 381 g/mol. The van der Waals surface area contributed by atoms with Crippen LogP contribution in [0.15, 0.2) is 58.4 Å². The fourth-order valence-electron chi connectivity index (χ4n) is 2.47. The Morgan fingerprint density at radius 1 is 1.29 bits per heavy atom. The van der Waals surface area contributed by atoms with Crippen molar-refractivity contribution in [3.8, 4) is 0 Å². The first-order valence-corrected chi connectivity index (χ1v) is 8.14. The summed E-state index contributed by atoms with van der Waals surface area (Å²) in [5.41, 5.74) is 2.39.